The second kappa shape index (κ2) is 7.68. The Morgan fingerprint density at radius 1 is 0.870 bits per heavy atom. The second-order valence-corrected chi connectivity index (χ2v) is 5.98. The van der Waals surface area contributed by atoms with Crippen LogP contribution in [0.15, 0.2) is 36.4 Å². The van der Waals surface area contributed by atoms with Gasteiger partial charge >= 0.3 is 0 Å². The van der Waals surface area contributed by atoms with Crippen LogP contribution in [0.2, 0.25) is 15.1 Å². The molecule has 23 heavy (non-hydrogen) atoms. The van der Waals surface area contributed by atoms with E-state index in [4.69, 9.17) is 34.8 Å². The second-order valence-electron chi connectivity index (χ2n) is 4.79. The SMILES string of the molecule is Cc1c(Cl)cccc1NC(=O)CC(=O)Nc1cccc(Cl)c1Cl. The summed E-state index contributed by atoms with van der Waals surface area (Å²) in [6.07, 6.45) is -0.352. The average molecular weight is 372 g/mol. The van der Waals surface area contributed by atoms with E-state index < -0.39 is 11.8 Å². The summed E-state index contributed by atoms with van der Waals surface area (Å²) in [6.45, 7) is 1.78. The molecule has 0 aromatic heterocycles. The predicted octanol–water partition coefficient (Wildman–Crippen LogP) is 4.92. The fraction of sp³-hybridized carbons (Fsp3) is 0.125. The van der Waals surface area contributed by atoms with Crippen molar-refractivity contribution < 1.29 is 9.59 Å². The largest absolute Gasteiger partial charge is 0.325 e. The molecule has 4 nitrogen and oxygen atoms in total. The van der Waals surface area contributed by atoms with Crippen molar-refractivity contribution in [3.8, 4) is 0 Å². The summed E-state index contributed by atoms with van der Waals surface area (Å²) in [5, 5.41) is 6.29. The van der Waals surface area contributed by atoms with E-state index in [0.717, 1.165) is 5.56 Å². The first kappa shape index (κ1) is 17.6. The summed E-state index contributed by atoms with van der Waals surface area (Å²) in [7, 11) is 0. The molecule has 0 aliphatic carbocycles. The lowest BCUT2D eigenvalue weighted by Crippen LogP contribution is -2.22. The summed E-state index contributed by atoms with van der Waals surface area (Å²) >= 11 is 17.8. The van der Waals surface area contributed by atoms with Crippen molar-refractivity contribution in [2.75, 3.05) is 10.6 Å². The van der Waals surface area contributed by atoms with E-state index in [1.807, 2.05) is 0 Å². The number of carbonyl (C=O) groups is 2. The van der Waals surface area contributed by atoms with Gasteiger partial charge in [-0.2, -0.15) is 0 Å². The molecule has 2 N–H and O–H groups in total. The third kappa shape index (κ3) is 4.61. The average Bonchev–Trinajstić information content (AvgIpc) is 2.48. The number of halogens is 3. The molecule has 2 aromatic rings. The number of hydrogen-bond donors (Lipinski definition) is 2. The van der Waals surface area contributed by atoms with Gasteiger partial charge in [0.05, 0.1) is 15.7 Å². The first-order valence-corrected chi connectivity index (χ1v) is 7.80. The van der Waals surface area contributed by atoms with E-state index in [1.165, 1.54) is 0 Å². The van der Waals surface area contributed by atoms with Gasteiger partial charge in [0.15, 0.2) is 0 Å². The van der Waals surface area contributed by atoms with Gasteiger partial charge in [-0.05, 0) is 36.8 Å². The van der Waals surface area contributed by atoms with Crippen molar-refractivity contribution in [1.82, 2.24) is 0 Å². The zero-order chi connectivity index (χ0) is 17.0. The minimum atomic E-state index is -0.494. The lowest BCUT2D eigenvalue weighted by atomic mass is 10.2. The fourth-order valence-corrected chi connectivity index (χ4v) is 2.40. The van der Waals surface area contributed by atoms with Crippen molar-refractivity contribution in [1.29, 1.82) is 0 Å². The molecule has 0 saturated heterocycles. The zero-order valence-electron chi connectivity index (χ0n) is 12.1. The van der Waals surface area contributed by atoms with Crippen LogP contribution in [0.3, 0.4) is 0 Å². The number of nitrogens with one attached hydrogen (secondary N) is 2. The van der Waals surface area contributed by atoms with Crippen LogP contribution in [0, 0.1) is 6.92 Å². The lowest BCUT2D eigenvalue weighted by Gasteiger charge is -2.10. The molecule has 0 spiro atoms. The zero-order valence-corrected chi connectivity index (χ0v) is 14.4. The number of hydrogen-bond acceptors (Lipinski definition) is 2. The molecule has 0 aliphatic heterocycles. The van der Waals surface area contributed by atoms with Gasteiger partial charge in [0.2, 0.25) is 11.8 Å². The third-order valence-electron chi connectivity index (χ3n) is 3.09. The molecule has 2 amide bonds. The molecule has 0 unspecified atom stereocenters. The third-order valence-corrected chi connectivity index (χ3v) is 4.32. The molecule has 0 heterocycles. The van der Waals surface area contributed by atoms with E-state index in [1.54, 1.807) is 43.3 Å². The van der Waals surface area contributed by atoms with Gasteiger partial charge in [-0.15, -0.1) is 0 Å². The summed E-state index contributed by atoms with van der Waals surface area (Å²) in [5.74, 6) is -0.947. The number of carbonyl (C=O) groups excluding carboxylic acids is 2. The summed E-state index contributed by atoms with van der Waals surface area (Å²) in [5.41, 5.74) is 1.66. The summed E-state index contributed by atoms with van der Waals surface area (Å²) in [4.78, 5) is 23.9. The Balaban J connectivity index is 1.99. The van der Waals surface area contributed by atoms with Crippen LogP contribution in [-0.4, -0.2) is 11.8 Å². The molecule has 2 aromatic carbocycles. The highest BCUT2D eigenvalue weighted by Gasteiger charge is 2.13. The molecule has 0 aliphatic rings. The highest BCUT2D eigenvalue weighted by molar-refractivity contribution is 6.44. The molecule has 0 radical (unpaired) electrons. The normalized spacial score (nSPS) is 10.3. The molecular weight excluding hydrogens is 359 g/mol. The van der Waals surface area contributed by atoms with Crippen LogP contribution in [0.4, 0.5) is 11.4 Å². The quantitative estimate of drug-likeness (QED) is 0.749. The van der Waals surface area contributed by atoms with Crippen molar-refractivity contribution in [3.63, 3.8) is 0 Å². The Morgan fingerprint density at radius 3 is 2.04 bits per heavy atom. The maximum atomic E-state index is 12.0. The molecule has 2 rings (SSSR count). The van der Waals surface area contributed by atoms with Gasteiger partial charge in [-0.3, -0.25) is 9.59 Å². The molecule has 0 saturated carbocycles. The van der Waals surface area contributed by atoms with Gasteiger partial charge in [0, 0.05) is 10.7 Å². The Kier molecular flexibility index (Phi) is 5.88. The van der Waals surface area contributed by atoms with E-state index in [0.29, 0.717) is 21.4 Å². The molecule has 0 fully saturated rings. The predicted molar refractivity (Wildman–Crippen MR) is 94.5 cm³/mol. The van der Waals surface area contributed by atoms with E-state index in [2.05, 4.69) is 10.6 Å². The molecular formula is C16H13Cl3N2O2. The van der Waals surface area contributed by atoms with E-state index in [9.17, 15) is 9.59 Å². The van der Waals surface area contributed by atoms with Crippen molar-refractivity contribution in [2.45, 2.75) is 13.3 Å². The Hall–Kier alpha value is -1.75. The van der Waals surface area contributed by atoms with Crippen LogP contribution in [0.1, 0.15) is 12.0 Å². The van der Waals surface area contributed by atoms with Gasteiger partial charge in [0.25, 0.3) is 0 Å². The number of amides is 2. The monoisotopic (exact) mass is 370 g/mol. The van der Waals surface area contributed by atoms with Crippen molar-refractivity contribution in [2.24, 2.45) is 0 Å². The van der Waals surface area contributed by atoms with Crippen LogP contribution in [-0.2, 0) is 9.59 Å². The van der Waals surface area contributed by atoms with E-state index >= 15 is 0 Å². The van der Waals surface area contributed by atoms with Crippen molar-refractivity contribution in [3.05, 3.63) is 57.0 Å². The van der Waals surface area contributed by atoms with Crippen LogP contribution < -0.4 is 10.6 Å². The van der Waals surface area contributed by atoms with Gasteiger partial charge < -0.3 is 10.6 Å². The molecule has 0 bridgehead atoms. The van der Waals surface area contributed by atoms with E-state index in [-0.39, 0.29) is 11.4 Å². The van der Waals surface area contributed by atoms with Crippen LogP contribution in [0.25, 0.3) is 0 Å². The minimum Gasteiger partial charge on any atom is -0.325 e. The molecule has 7 heteroatoms. The summed E-state index contributed by atoms with van der Waals surface area (Å²) in [6, 6.07) is 10.0. The van der Waals surface area contributed by atoms with Crippen molar-refractivity contribution >= 4 is 58.0 Å². The summed E-state index contributed by atoms with van der Waals surface area (Å²) < 4.78 is 0. The number of benzene rings is 2. The first-order valence-electron chi connectivity index (χ1n) is 6.67. The molecule has 0 atom stereocenters. The smallest absolute Gasteiger partial charge is 0.233 e. The first-order chi connectivity index (χ1) is 10.9. The fourth-order valence-electron chi connectivity index (χ4n) is 1.88. The number of rotatable bonds is 4. The standard InChI is InChI=1S/C16H13Cl3N2O2/c1-9-10(17)4-2-6-12(9)20-14(22)8-15(23)21-13-7-3-5-11(18)16(13)19/h2-7H,8H2,1H3,(H,20,22)(H,21,23). The highest BCUT2D eigenvalue weighted by Crippen LogP contribution is 2.29. The number of anilines is 2. The maximum Gasteiger partial charge on any atom is 0.233 e. The van der Waals surface area contributed by atoms with Gasteiger partial charge in [-0.1, -0.05) is 46.9 Å². The highest BCUT2D eigenvalue weighted by atomic mass is 35.5. The Morgan fingerprint density at radius 2 is 1.39 bits per heavy atom. The Labute approximate surface area is 148 Å². The van der Waals surface area contributed by atoms with Gasteiger partial charge in [-0.25, -0.2) is 0 Å². The Bertz CT molecular complexity index is 699. The lowest BCUT2D eigenvalue weighted by molar-refractivity contribution is -0.123. The van der Waals surface area contributed by atoms with Crippen LogP contribution >= 0.6 is 34.8 Å². The molecule has 120 valence electrons. The maximum absolute atomic E-state index is 12.0. The minimum absolute atomic E-state index is 0.230. The van der Waals surface area contributed by atoms with Crippen LogP contribution in [0.5, 0.6) is 0 Å². The van der Waals surface area contributed by atoms with Gasteiger partial charge in [0.1, 0.15) is 6.42 Å². The topological polar surface area (TPSA) is 58.2 Å².